The first-order chi connectivity index (χ1) is 19.1. The average Bonchev–Trinajstić information content (AvgIpc) is 2.97. The van der Waals surface area contributed by atoms with Crippen LogP contribution in [-0.2, 0) is 17.9 Å². The number of hydrogen-bond acceptors (Lipinski definition) is 6. The average molecular weight is 522 g/mol. The number of nitrogens with zero attached hydrogens (tertiary/aromatic N) is 3. The summed E-state index contributed by atoms with van der Waals surface area (Å²) in [4.78, 5) is 22.6. The lowest BCUT2D eigenvalue weighted by molar-refractivity contribution is 0.0379. The van der Waals surface area contributed by atoms with Crippen LogP contribution in [0.15, 0.2) is 97.2 Å². The summed E-state index contributed by atoms with van der Waals surface area (Å²) in [7, 11) is 0. The maximum Gasteiger partial charge on any atom is 0.342 e. The first-order valence-electron chi connectivity index (χ1n) is 13.5. The third kappa shape index (κ3) is 6.84. The van der Waals surface area contributed by atoms with Gasteiger partial charge in [0.2, 0.25) is 0 Å². The van der Waals surface area contributed by atoms with Crippen LogP contribution in [0.1, 0.15) is 35.3 Å². The van der Waals surface area contributed by atoms with Gasteiger partial charge in [0.1, 0.15) is 23.7 Å². The molecule has 2 heterocycles. The third-order valence-corrected chi connectivity index (χ3v) is 6.79. The molecule has 200 valence electrons. The Bertz CT molecular complexity index is 1370. The molecule has 1 aliphatic rings. The van der Waals surface area contributed by atoms with Crippen molar-refractivity contribution in [1.29, 1.82) is 0 Å². The Morgan fingerprint density at radius 2 is 1.54 bits per heavy atom. The van der Waals surface area contributed by atoms with E-state index in [1.165, 1.54) is 5.56 Å². The van der Waals surface area contributed by atoms with Crippen LogP contribution in [-0.4, -0.2) is 48.1 Å². The molecule has 1 aromatic heterocycles. The molecule has 39 heavy (non-hydrogen) atoms. The van der Waals surface area contributed by atoms with E-state index in [2.05, 4.69) is 45.1 Å². The summed E-state index contributed by atoms with van der Waals surface area (Å²) in [5.74, 6) is 1.24. The second-order valence-corrected chi connectivity index (χ2v) is 10.1. The van der Waals surface area contributed by atoms with E-state index < -0.39 is 0 Å². The highest BCUT2D eigenvalue weighted by molar-refractivity contribution is 6.02. The van der Waals surface area contributed by atoms with Gasteiger partial charge in [-0.15, -0.1) is 0 Å². The molecule has 3 aromatic carbocycles. The number of hydrogen-bond donors (Lipinski definition) is 0. The van der Waals surface area contributed by atoms with E-state index in [0.717, 1.165) is 55.2 Å². The van der Waals surface area contributed by atoms with E-state index in [-0.39, 0.29) is 12.1 Å². The first-order valence-corrected chi connectivity index (χ1v) is 13.5. The van der Waals surface area contributed by atoms with Crippen molar-refractivity contribution in [2.45, 2.75) is 33.1 Å². The number of ether oxygens (including phenoxy) is 2. The molecule has 0 saturated carbocycles. The van der Waals surface area contributed by atoms with Crippen LogP contribution in [0.4, 0.5) is 5.82 Å². The molecule has 0 atom stereocenters. The van der Waals surface area contributed by atoms with Gasteiger partial charge in [0.25, 0.3) is 0 Å². The molecule has 4 aromatic rings. The summed E-state index contributed by atoms with van der Waals surface area (Å²) in [6, 6.07) is 30.4. The standard InChI is InChI=1S/C33H35N3O3/c1-25(2)39-33(37)31-30(28-13-7-4-8-14-28)16-17-34-32(31)36-20-18-35(19-21-36)23-27-12-9-15-29(22-27)38-24-26-10-5-3-6-11-26/h3-17,22,25H,18-21,23-24H2,1-2H3. The minimum atomic E-state index is -0.332. The molecule has 0 N–H and O–H groups in total. The Morgan fingerprint density at radius 1 is 0.846 bits per heavy atom. The fourth-order valence-corrected chi connectivity index (χ4v) is 4.87. The van der Waals surface area contributed by atoms with E-state index in [4.69, 9.17) is 9.47 Å². The zero-order valence-corrected chi connectivity index (χ0v) is 22.6. The number of pyridine rings is 1. The third-order valence-electron chi connectivity index (χ3n) is 6.79. The number of aromatic nitrogens is 1. The minimum absolute atomic E-state index is 0.210. The van der Waals surface area contributed by atoms with Crippen molar-refractivity contribution < 1.29 is 14.3 Å². The maximum absolute atomic E-state index is 13.3. The Balaban J connectivity index is 1.27. The van der Waals surface area contributed by atoms with Gasteiger partial charge in [-0.1, -0.05) is 72.8 Å². The lowest BCUT2D eigenvalue weighted by atomic mass is 10.00. The second kappa shape index (κ2) is 12.6. The van der Waals surface area contributed by atoms with Gasteiger partial charge in [0.05, 0.1) is 6.10 Å². The number of carbonyl (C=O) groups excluding carboxylic acids is 1. The molecule has 1 saturated heterocycles. The number of anilines is 1. The van der Waals surface area contributed by atoms with Gasteiger partial charge in [0, 0.05) is 44.5 Å². The van der Waals surface area contributed by atoms with Crippen molar-refractivity contribution in [2.75, 3.05) is 31.1 Å². The number of rotatable bonds is 9. The van der Waals surface area contributed by atoms with Crippen LogP contribution >= 0.6 is 0 Å². The Morgan fingerprint density at radius 3 is 2.26 bits per heavy atom. The van der Waals surface area contributed by atoms with Crippen LogP contribution in [0, 0.1) is 0 Å². The molecule has 0 amide bonds. The summed E-state index contributed by atoms with van der Waals surface area (Å²) in [5.41, 5.74) is 4.74. The molecular weight excluding hydrogens is 486 g/mol. The molecule has 6 heteroatoms. The summed E-state index contributed by atoms with van der Waals surface area (Å²) >= 11 is 0. The van der Waals surface area contributed by atoms with Crippen molar-refractivity contribution >= 4 is 11.8 Å². The molecule has 1 fully saturated rings. The number of piperazine rings is 1. The zero-order valence-electron chi connectivity index (χ0n) is 22.6. The summed E-state index contributed by atoms with van der Waals surface area (Å²) in [6.45, 7) is 8.42. The van der Waals surface area contributed by atoms with Crippen LogP contribution in [0.5, 0.6) is 5.75 Å². The van der Waals surface area contributed by atoms with E-state index in [9.17, 15) is 4.79 Å². The normalized spacial score (nSPS) is 13.9. The quantitative estimate of drug-likeness (QED) is 0.244. The van der Waals surface area contributed by atoms with Gasteiger partial charge in [-0.2, -0.15) is 0 Å². The van der Waals surface area contributed by atoms with Gasteiger partial charge < -0.3 is 14.4 Å². The number of esters is 1. The highest BCUT2D eigenvalue weighted by atomic mass is 16.5. The SMILES string of the molecule is CC(C)OC(=O)c1c(-c2ccccc2)ccnc1N1CCN(Cc2cccc(OCc3ccccc3)c2)CC1. The lowest BCUT2D eigenvalue weighted by Gasteiger charge is -2.36. The molecule has 0 radical (unpaired) electrons. The summed E-state index contributed by atoms with van der Waals surface area (Å²) in [5, 5.41) is 0. The highest BCUT2D eigenvalue weighted by Crippen LogP contribution is 2.31. The number of benzene rings is 3. The summed E-state index contributed by atoms with van der Waals surface area (Å²) < 4.78 is 11.7. The minimum Gasteiger partial charge on any atom is -0.489 e. The first kappa shape index (κ1) is 26.4. The summed E-state index contributed by atoms with van der Waals surface area (Å²) in [6.07, 6.45) is 1.58. The monoisotopic (exact) mass is 521 g/mol. The Kier molecular flexibility index (Phi) is 8.54. The largest absolute Gasteiger partial charge is 0.489 e. The Hall–Kier alpha value is -4.16. The molecule has 6 nitrogen and oxygen atoms in total. The fourth-order valence-electron chi connectivity index (χ4n) is 4.87. The Labute approximate surface area is 230 Å². The molecule has 1 aliphatic heterocycles. The molecule has 0 unspecified atom stereocenters. The highest BCUT2D eigenvalue weighted by Gasteiger charge is 2.27. The van der Waals surface area contributed by atoms with Crippen molar-refractivity contribution in [2.24, 2.45) is 0 Å². The second-order valence-electron chi connectivity index (χ2n) is 10.1. The molecule has 0 aliphatic carbocycles. The van der Waals surface area contributed by atoms with Crippen molar-refractivity contribution in [3.05, 3.63) is 114 Å². The van der Waals surface area contributed by atoms with Gasteiger partial charge in [-0.05, 0) is 48.7 Å². The van der Waals surface area contributed by atoms with E-state index in [1.807, 2.05) is 74.5 Å². The van der Waals surface area contributed by atoms with Crippen molar-refractivity contribution in [3.63, 3.8) is 0 Å². The van der Waals surface area contributed by atoms with E-state index in [0.29, 0.717) is 18.0 Å². The lowest BCUT2D eigenvalue weighted by Crippen LogP contribution is -2.46. The van der Waals surface area contributed by atoms with Crippen LogP contribution in [0.25, 0.3) is 11.1 Å². The maximum atomic E-state index is 13.3. The number of carbonyl (C=O) groups is 1. The van der Waals surface area contributed by atoms with Crippen LogP contribution in [0.2, 0.25) is 0 Å². The van der Waals surface area contributed by atoms with Crippen molar-refractivity contribution in [3.8, 4) is 16.9 Å². The zero-order chi connectivity index (χ0) is 27.0. The van der Waals surface area contributed by atoms with E-state index >= 15 is 0 Å². The molecule has 0 spiro atoms. The smallest absolute Gasteiger partial charge is 0.342 e. The van der Waals surface area contributed by atoms with Gasteiger partial charge in [0.15, 0.2) is 0 Å². The van der Waals surface area contributed by atoms with Gasteiger partial charge in [-0.3, -0.25) is 4.90 Å². The predicted octanol–water partition coefficient (Wildman–Crippen LogP) is 6.22. The fraction of sp³-hybridized carbons (Fsp3) is 0.273. The van der Waals surface area contributed by atoms with E-state index in [1.54, 1.807) is 6.20 Å². The predicted molar refractivity (Wildman–Crippen MR) is 155 cm³/mol. The topological polar surface area (TPSA) is 54.9 Å². The van der Waals surface area contributed by atoms with Gasteiger partial charge in [-0.25, -0.2) is 9.78 Å². The van der Waals surface area contributed by atoms with Crippen LogP contribution < -0.4 is 9.64 Å². The van der Waals surface area contributed by atoms with Crippen LogP contribution in [0.3, 0.4) is 0 Å². The molecular formula is C33H35N3O3. The molecule has 5 rings (SSSR count). The molecule has 0 bridgehead atoms. The van der Waals surface area contributed by atoms with Crippen molar-refractivity contribution in [1.82, 2.24) is 9.88 Å². The van der Waals surface area contributed by atoms with Gasteiger partial charge >= 0.3 is 5.97 Å².